The number of hydrogen-bond acceptors (Lipinski definition) is 9. The molecule has 0 amide bonds. The van der Waals surface area contributed by atoms with Crippen molar-refractivity contribution < 1.29 is 8.78 Å². The molecule has 4 aliphatic rings. The van der Waals surface area contributed by atoms with Gasteiger partial charge in [0.05, 0.1) is 22.8 Å². The molecule has 1 aromatic heterocycles. The highest BCUT2D eigenvalue weighted by atomic mass is 19.1. The summed E-state index contributed by atoms with van der Waals surface area (Å²) in [6.07, 6.45) is 8.58. The first-order valence-corrected chi connectivity index (χ1v) is 20.8. The zero-order valence-electron chi connectivity index (χ0n) is 34.2. The molecule has 0 radical (unpaired) electrons. The van der Waals surface area contributed by atoms with Crippen LogP contribution in [0.25, 0.3) is 11.3 Å². The Morgan fingerprint density at radius 3 is 2.58 bits per heavy atom. The van der Waals surface area contributed by atoms with E-state index in [1.165, 1.54) is 23.9 Å². The number of anilines is 3. The number of aliphatic imine (C=N–C) groups is 1. The molecule has 2 fully saturated rings. The van der Waals surface area contributed by atoms with E-state index in [0.29, 0.717) is 23.3 Å². The topological polar surface area (TPSA) is 86.1 Å². The highest BCUT2D eigenvalue weighted by molar-refractivity contribution is 6.16. The number of aryl methyl sites for hydroxylation is 1. The number of halogens is 2. The zero-order chi connectivity index (χ0) is 40.2. The van der Waals surface area contributed by atoms with Crippen molar-refractivity contribution in [2.75, 3.05) is 61.4 Å². The van der Waals surface area contributed by atoms with Crippen LogP contribution < -0.4 is 20.4 Å². The van der Waals surface area contributed by atoms with Crippen LogP contribution in [-0.2, 0) is 6.54 Å². The molecule has 2 saturated heterocycles. The minimum atomic E-state index is -0.538. The number of benzene rings is 2. The first kappa shape index (κ1) is 40.2. The molecule has 3 atom stereocenters. The zero-order valence-corrected chi connectivity index (χ0v) is 34.2. The largest absolute Gasteiger partial charge is 0.391 e. The monoisotopic (exact) mass is 775 g/mol. The Hall–Kier alpha value is -5.03. The number of fused-ring (bicyclic) bond motifs is 5. The van der Waals surface area contributed by atoms with E-state index >= 15 is 0 Å². The van der Waals surface area contributed by atoms with Gasteiger partial charge < -0.3 is 30.7 Å². The van der Waals surface area contributed by atoms with E-state index in [2.05, 4.69) is 75.4 Å². The van der Waals surface area contributed by atoms with Crippen LogP contribution in [0.4, 0.5) is 25.8 Å². The smallest absolute Gasteiger partial charge is 0.208 e. The van der Waals surface area contributed by atoms with E-state index in [-0.39, 0.29) is 5.92 Å². The third-order valence-corrected chi connectivity index (χ3v) is 12.2. The molecule has 57 heavy (non-hydrogen) atoms. The van der Waals surface area contributed by atoms with Crippen molar-refractivity contribution in [1.29, 1.82) is 5.41 Å². The maximum absolute atomic E-state index is 14.0. The van der Waals surface area contributed by atoms with E-state index < -0.39 is 11.6 Å². The average Bonchev–Trinajstić information content (AvgIpc) is 3.81. The minimum Gasteiger partial charge on any atom is -0.391 e. The lowest BCUT2D eigenvalue weighted by Gasteiger charge is -2.44. The Labute approximate surface area is 337 Å². The molecule has 2 bridgehead atoms. The van der Waals surface area contributed by atoms with Crippen LogP contribution in [0.2, 0.25) is 0 Å². The van der Waals surface area contributed by atoms with Crippen molar-refractivity contribution in [1.82, 2.24) is 20.1 Å². The van der Waals surface area contributed by atoms with Gasteiger partial charge in [0.1, 0.15) is 11.6 Å². The number of hydrogen-bond donors (Lipinski definition) is 3. The summed E-state index contributed by atoms with van der Waals surface area (Å²) in [5, 5.41) is 15.3. The molecule has 9 nitrogen and oxygen atoms in total. The number of allylic oxidation sites excluding steroid dienone is 2. The Morgan fingerprint density at radius 2 is 1.82 bits per heavy atom. The molecule has 5 heterocycles. The first-order valence-electron chi connectivity index (χ1n) is 20.8. The van der Waals surface area contributed by atoms with E-state index in [0.717, 1.165) is 148 Å². The standard InChI is InChI=1S/C46H59F2N9/c1-7-10-39-29-54(33(5)35-15-16-55(28-35)40-23-37(47)22-38(48)24-40)17-18-56(39)27-34-13-14-43-45(20-34)57-26-30(2)11-8-9-12-42(50-6)41(25-49)44-21-36(19-31(3)51-44)32(4)52-46(57)53-43/h13-14,19-25,30,35,39,49-50H,4-5,7-12,15-18,26-29H2,1-3,6H3,(H,52,53)/b42-41+,49-25?/t30-,35?,39?/m1/s1. The third kappa shape index (κ3) is 9.09. The molecule has 2 unspecified atom stereocenters. The molecule has 2 aromatic carbocycles. The fourth-order valence-electron chi connectivity index (χ4n) is 9.10. The van der Waals surface area contributed by atoms with Gasteiger partial charge in [-0.1, -0.05) is 45.9 Å². The molecule has 0 aliphatic carbocycles. The molecule has 7 rings (SSSR count). The molecule has 4 aliphatic heterocycles. The van der Waals surface area contributed by atoms with Crippen molar-refractivity contribution in [3.05, 3.63) is 107 Å². The average molecular weight is 776 g/mol. The molecule has 3 aromatic rings. The van der Waals surface area contributed by atoms with Crippen LogP contribution in [0, 0.1) is 35.8 Å². The van der Waals surface area contributed by atoms with Gasteiger partial charge in [0.15, 0.2) is 0 Å². The lowest BCUT2D eigenvalue weighted by Crippen LogP contribution is -2.52. The second-order valence-electron chi connectivity index (χ2n) is 16.4. The Kier molecular flexibility index (Phi) is 12.4. The number of aromatic nitrogens is 1. The quantitative estimate of drug-likeness (QED) is 0.187. The van der Waals surface area contributed by atoms with Gasteiger partial charge in [-0.15, -0.1) is 0 Å². The van der Waals surface area contributed by atoms with E-state index in [9.17, 15) is 8.78 Å². The van der Waals surface area contributed by atoms with Crippen LogP contribution in [0.3, 0.4) is 0 Å². The fourth-order valence-corrected chi connectivity index (χ4v) is 9.10. The Bertz CT molecular complexity index is 2040. The normalized spacial score (nSPS) is 24.2. The van der Waals surface area contributed by atoms with Crippen molar-refractivity contribution in [2.45, 2.75) is 78.3 Å². The third-order valence-electron chi connectivity index (χ3n) is 12.2. The summed E-state index contributed by atoms with van der Waals surface area (Å²) in [6, 6.07) is 15.0. The van der Waals surface area contributed by atoms with Crippen LogP contribution in [0.1, 0.15) is 81.3 Å². The van der Waals surface area contributed by atoms with Crippen LogP contribution >= 0.6 is 0 Å². The van der Waals surface area contributed by atoms with E-state index in [1.807, 2.05) is 26.1 Å². The lowest BCUT2D eigenvalue weighted by molar-refractivity contribution is 0.0765. The predicted octanol–water partition coefficient (Wildman–Crippen LogP) is 9.04. The van der Waals surface area contributed by atoms with Gasteiger partial charge >= 0.3 is 0 Å². The molecule has 11 heteroatoms. The summed E-state index contributed by atoms with van der Waals surface area (Å²) in [5.41, 5.74) is 10.2. The predicted molar refractivity (Wildman–Crippen MR) is 232 cm³/mol. The van der Waals surface area contributed by atoms with Gasteiger partial charge in [0, 0.05) is 111 Å². The summed E-state index contributed by atoms with van der Waals surface area (Å²) in [6.45, 7) is 21.5. The van der Waals surface area contributed by atoms with Gasteiger partial charge in [-0.25, -0.2) is 13.8 Å². The van der Waals surface area contributed by atoms with Crippen molar-refractivity contribution in [3.8, 4) is 0 Å². The maximum Gasteiger partial charge on any atom is 0.208 e. The molecule has 0 spiro atoms. The van der Waals surface area contributed by atoms with E-state index in [1.54, 1.807) is 0 Å². The maximum atomic E-state index is 14.0. The van der Waals surface area contributed by atoms with Gasteiger partial charge in [0.2, 0.25) is 5.96 Å². The van der Waals surface area contributed by atoms with Crippen molar-refractivity contribution >= 4 is 40.5 Å². The van der Waals surface area contributed by atoms with Gasteiger partial charge in [-0.05, 0) is 86.9 Å². The summed E-state index contributed by atoms with van der Waals surface area (Å²) < 4.78 is 28.0. The van der Waals surface area contributed by atoms with Crippen LogP contribution in [-0.4, -0.2) is 79.3 Å². The molecular weight excluding hydrogens is 717 g/mol. The van der Waals surface area contributed by atoms with E-state index in [4.69, 9.17) is 15.4 Å². The minimum absolute atomic E-state index is 0.258. The molecule has 3 N–H and O–H groups in total. The number of pyridine rings is 1. The highest BCUT2D eigenvalue weighted by Gasteiger charge is 2.34. The van der Waals surface area contributed by atoms with Crippen LogP contribution in [0.5, 0.6) is 0 Å². The van der Waals surface area contributed by atoms with Gasteiger partial charge in [-0.3, -0.25) is 9.88 Å². The summed E-state index contributed by atoms with van der Waals surface area (Å²) in [4.78, 5) is 19.5. The van der Waals surface area contributed by atoms with Crippen molar-refractivity contribution in [2.24, 2.45) is 16.8 Å². The SMILES string of the molecule is C=C1/N=C2\Nc3ccc(CN4CCN(C(=C)C5CCN(c6cc(F)cc(F)c6)C5)CC4CCC)cc3N2C[C@H](C)CCCC/C(NC)=C(/C=N)c2cc1cc(C)n2. The fraction of sp³-hybridized carbons (Fsp3) is 0.457. The summed E-state index contributed by atoms with van der Waals surface area (Å²) in [7, 11) is 1.93. The lowest BCUT2D eigenvalue weighted by atomic mass is 9.99. The highest BCUT2D eigenvalue weighted by Crippen LogP contribution is 2.37. The number of rotatable bonds is 9. The summed E-state index contributed by atoms with van der Waals surface area (Å²) in [5.74, 6) is 0.393. The first-order chi connectivity index (χ1) is 27.5. The second kappa shape index (κ2) is 17.6. The van der Waals surface area contributed by atoms with Crippen LogP contribution in [0.15, 0.2) is 78.1 Å². The van der Waals surface area contributed by atoms with Gasteiger partial charge in [-0.2, -0.15) is 0 Å². The number of nitrogens with zero attached hydrogens (tertiary/aromatic N) is 6. The van der Waals surface area contributed by atoms with Gasteiger partial charge in [0.25, 0.3) is 0 Å². The Balaban J connectivity index is 1.08. The number of piperazine rings is 1. The second-order valence-corrected chi connectivity index (χ2v) is 16.4. The molecule has 0 saturated carbocycles. The molecular formula is C46H59F2N9. The number of guanidine groups is 1. The molecule has 302 valence electrons. The number of nitrogens with one attached hydrogen (secondary N) is 3. The summed E-state index contributed by atoms with van der Waals surface area (Å²) >= 11 is 0. The van der Waals surface area contributed by atoms with Crippen molar-refractivity contribution in [3.63, 3.8) is 0 Å². The Morgan fingerprint density at radius 1 is 1.02 bits per heavy atom.